The van der Waals surface area contributed by atoms with Crippen molar-refractivity contribution in [3.8, 4) is 0 Å². The molecular weight excluding hydrogens is 224 g/mol. The molecule has 0 bridgehead atoms. The van der Waals surface area contributed by atoms with Gasteiger partial charge in [-0.1, -0.05) is 17.7 Å². The van der Waals surface area contributed by atoms with E-state index in [4.69, 9.17) is 0 Å². The minimum absolute atomic E-state index is 0.199. The van der Waals surface area contributed by atoms with E-state index in [1.807, 2.05) is 31.2 Å². The summed E-state index contributed by atoms with van der Waals surface area (Å²) < 4.78 is 0. The molecule has 0 saturated carbocycles. The number of hydrogen-bond donors (Lipinski definition) is 1. The Morgan fingerprint density at radius 2 is 1.88 bits per heavy atom. The van der Waals surface area contributed by atoms with E-state index < -0.39 is 5.37 Å². The van der Waals surface area contributed by atoms with Gasteiger partial charge in [-0.25, -0.2) is 0 Å². The molecule has 1 fully saturated rings. The molecule has 84 valence electrons. The van der Waals surface area contributed by atoms with Gasteiger partial charge in [-0.15, -0.1) is 0 Å². The van der Waals surface area contributed by atoms with Gasteiger partial charge in [0, 0.05) is 12.7 Å². The number of amides is 2. The second kappa shape index (κ2) is 4.17. The highest BCUT2D eigenvalue weighted by molar-refractivity contribution is 8.15. The Hall–Kier alpha value is -1.49. The number of thioether (sulfide) groups is 1. The first-order chi connectivity index (χ1) is 7.58. The fourth-order valence-corrected chi connectivity index (χ4v) is 2.29. The largest absolute Gasteiger partial charge is 0.365 e. The molecule has 0 spiro atoms. The summed E-state index contributed by atoms with van der Waals surface area (Å²) >= 11 is 1.01. The van der Waals surface area contributed by atoms with E-state index >= 15 is 0 Å². The molecule has 16 heavy (non-hydrogen) atoms. The molecule has 1 aromatic carbocycles. The number of imide groups is 1. The van der Waals surface area contributed by atoms with Crippen molar-refractivity contribution in [2.45, 2.75) is 12.3 Å². The Bertz CT molecular complexity index is 430. The summed E-state index contributed by atoms with van der Waals surface area (Å²) in [5.41, 5.74) is 2.00. The smallest absolute Gasteiger partial charge is 0.290 e. The van der Waals surface area contributed by atoms with Crippen LogP contribution in [0.5, 0.6) is 0 Å². The number of benzene rings is 1. The minimum atomic E-state index is -0.500. The van der Waals surface area contributed by atoms with Crippen molar-refractivity contribution in [2.24, 2.45) is 0 Å². The van der Waals surface area contributed by atoms with Gasteiger partial charge in [0.25, 0.3) is 11.1 Å². The first kappa shape index (κ1) is 11.0. The van der Waals surface area contributed by atoms with Crippen LogP contribution in [0.25, 0.3) is 0 Å². The zero-order valence-corrected chi connectivity index (χ0v) is 9.88. The van der Waals surface area contributed by atoms with Crippen LogP contribution >= 0.6 is 11.8 Å². The predicted octanol–water partition coefficient (Wildman–Crippen LogP) is 2.06. The standard InChI is InChI=1S/C11H12N2O2S/c1-7-3-5-8(6-4-7)12-9-10(14)13(2)11(15)16-9/h3-6,9,12H,1-2H3. The molecular formula is C11H12N2O2S. The topological polar surface area (TPSA) is 49.4 Å². The van der Waals surface area contributed by atoms with Crippen LogP contribution in [0.2, 0.25) is 0 Å². The number of likely N-dealkylation sites (N-methyl/N-ethyl adjacent to an activating group) is 1. The first-order valence-electron chi connectivity index (χ1n) is 4.89. The lowest BCUT2D eigenvalue weighted by molar-refractivity contribution is -0.125. The van der Waals surface area contributed by atoms with Gasteiger partial charge in [-0.3, -0.25) is 14.5 Å². The first-order valence-corrected chi connectivity index (χ1v) is 5.77. The Labute approximate surface area is 98.0 Å². The number of anilines is 1. The lowest BCUT2D eigenvalue weighted by Gasteiger charge is -2.11. The van der Waals surface area contributed by atoms with Crippen molar-refractivity contribution < 1.29 is 9.59 Å². The van der Waals surface area contributed by atoms with Crippen LogP contribution < -0.4 is 5.32 Å². The highest BCUT2D eigenvalue weighted by Crippen LogP contribution is 2.26. The summed E-state index contributed by atoms with van der Waals surface area (Å²) in [6, 6.07) is 7.70. The second-order valence-corrected chi connectivity index (χ2v) is 4.73. The summed E-state index contributed by atoms with van der Waals surface area (Å²) in [6.07, 6.45) is 0. The van der Waals surface area contributed by atoms with Crippen molar-refractivity contribution in [2.75, 3.05) is 12.4 Å². The van der Waals surface area contributed by atoms with Gasteiger partial charge >= 0.3 is 0 Å². The van der Waals surface area contributed by atoms with Gasteiger partial charge in [0.15, 0.2) is 5.37 Å². The molecule has 1 heterocycles. The van der Waals surface area contributed by atoms with Crippen molar-refractivity contribution in [1.82, 2.24) is 4.90 Å². The number of carbonyl (C=O) groups is 2. The van der Waals surface area contributed by atoms with E-state index in [1.165, 1.54) is 7.05 Å². The normalized spacial score (nSPS) is 20.4. The van der Waals surface area contributed by atoms with E-state index in [-0.39, 0.29) is 11.1 Å². The predicted molar refractivity (Wildman–Crippen MR) is 64.3 cm³/mol. The van der Waals surface area contributed by atoms with Crippen LogP contribution in [0, 0.1) is 6.92 Å². The fraction of sp³-hybridized carbons (Fsp3) is 0.273. The highest BCUT2D eigenvalue weighted by atomic mass is 32.2. The van der Waals surface area contributed by atoms with E-state index in [1.54, 1.807) is 0 Å². The van der Waals surface area contributed by atoms with Gasteiger partial charge in [0.2, 0.25) is 0 Å². The van der Waals surface area contributed by atoms with Crippen LogP contribution in [-0.4, -0.2) is 28.5 Å². The summed E-state index contributed by atoms with van der Waals surface area (Å²) in [6.45, 7) is 2.00. The molecule has 1 aromatic rings. The van der Waals surface area contributed by atoms with Crippen LogP contribution in [0.3, 0.4) is 0 Å². The average molecular weight is 236 g/mol. The second-order valence-electron chi connectivity index (χ2n) is 3.67. The maximum Gasteiger partial charge on any atom is 0.290 e. The van der Waals surface area contributed by atoms with E-state index in [0.29, 0.717) is 0 Å². The number of nitrogens with one attached hydrogen (secondary N) is 1. The highest BCUT2D eigenvalue weighted by Gasteiger charge is 2.36. The number of carbonyl (C=O) groups excluding carboxylic acids is 2. The molecule has 2 rings (SSSR count). The van der Waals surface area contributed by atoms with Crippen LogP contribution in [0.1, 0.15) is 5.56 Å². The quantitative estimate of drug-likeness (QED) is 0.854. The van der Waals surface area contributed by atoms with E-state index in [9.17, 15) is 9.59 Å². The van der Waals surface area contributed by atoms with Gasteiger partial charge in [0.05, 0.1) is 0 Å². The average Bonchev–Trinajstić information content (AvgIpc) is 2.50. The summed E-state index contributed by atoms with van der Waals surface area (Å²) in [5, 5.41) is 2.32. The fourth-order valence-electron chi connectivity index (χ4n) is 1.39. The Balaban J connectivity index is 2.09. The molecule has 1 atom stereocenters. The summed E-state index contributed by atoms with van der Waals surface area (Å²) in [5.74, 6) is -0.199. The number of rotatable bonds is 2. The van der Waals surface area contributed by atoms with E-state index in [2.05, 4.69) is 5.32 Å². The van der Waals surface area contributed by atoms with Gasteiger partial charge in [-0.2, -0.15) is 0 Å². The molecule has 1 aliphatic heterocycles. The van der Waals surface area contributed by atoms with Gasteiger partial charge in [-0.05, 0) is 30.8 Å². The maximum atomic E-state index is 11.6. The van der Waals surface area contributed by atoms with Crippen LogP contribution in [-0.2, 0) is 4.79 Å². The van der Waals surface area contributed by atoms with Gasteiger partial charge < -0.3 is 5.32 Å². The van der Waals surface area contributed by atoms with Crippen molar-refractivity contribution in [1.29, 1.82) is 0 Å². The van der Waals surface area contributed by atoms with Crippen molar-refractivity contribution in [3.63, 3.8) is 0 Å². The molecule has 5 heteroatoms. The Kier molecular flexibility index (Phi) is 2.87. The van der Waals surface area contributed by atoms with Crippen LogP contribution in [0.15, 0.2) is 24.3 Å². The number of hydrogen-bond acceptors (Lipinski definition) is 4. The number of aryl methyl sites for hydroxylation is 1. The zero-order chi connectivity index (χ0) is 11.7. The summed E-state index contributed by atoms with van der Waals surface area (Å²) in [4.78, 5) is 24.0. The molecule has 0 radical (unpaired) electrons. The SMILES string of the molecule is Cc1ccc(NC2SC(=O)N(C)C2=O)cc1. The molecule has 0 aromatic heterocycles. The molecule has 1 unspecified atom stereocenters. The van der Waals surface area contributed by atoms with Crippen LogP contribution in [0.4, 0.5) is 10.5 Å². The number of nitrogens with zero attached hydrogens (tertiary/aromatic N) is 1. The zero-order valence-electron chi connectivity index (χ0n) is 9.06. The summed E-state index contributed by atoms with van der Waals surface area (Å²) in [7, 11) is 1.49. The van der Waals surface area contributed by atoms with Crippen molar-refractivity contribution in [3.05, 3.63) is 29.8 Å². The monoisotopic (exact) mass is 236 g/mol. The third-order valence-electron chi connectivity index (χ3n) is 2.40. The Morgan fingerprint density at radius 1 is 1.25 bits per heavy atom. The molecule has 2 amide bonds. The van der Waals surface area contributed by atoms with E-state index in [0.717, 1.165) is 27.9 Å². The third kappa shape index (κ3) is 2.04. The molecule has 0 aliphatic carbocycles. The molecule has 1 aliphatic rings. The third-order valence-corrected chi connectivity index (χ3v) is 3.43. The van der Waals surface area contributed by atoms with Crippen molar-refractivity contribution >= 4 is 28.6 Å². The Morgan fingerprint density at radius 3 is 2.38 bits per heavy atom. The minimum Gasteiger partial charge on any atom is -0.365 e. The molecule has 1 N–H and O–H groups in total. The lowest BCUT2D eigenvalue weighted by Crippen LogP contribution is -2.31. The lowest BCUT2D eigenvalue weighted by atomic mass is 10.2. The molecule has 1 saturated heterocycles. The van der Waals surface area contributed by atoms with Gasteiger partial charge in [0.1, 0.15) is 0 Å². The maximum absolute atomic E-state index is 11.6. The molecule has 4 nitrogen and oxygen atoms in total.